The monoisotopic (exact) mass is 691 g/mol. The van der Waals surface area contributed by atoms with E-state index in [2.05, 4.69) is 13.8 Å². The summed E-state index contributed by atoms with van der Waals surface area (Å²) in [7, 11) is 0. The second-order valence-electron chi connectivity index (χ2n) is 12.6. The average Bonchev–Trinajstić information content (AvgIpc) is 3.09. The highest BCUT2D eigenvalue weighted by Gasteiger charge is 2.03. The fraction of sp³-hybridized carbons (Fsp3) is 0.974. The molecule has 9 heteroatoms. The predicted octanol–water partition coefficient (Wildman–Crippen LogP) is 8.88. The molecule has 0 atom stereocenters. The van der Waals surface area contributed by atoms with Crippen LogP contribution in [0.5, 0.6) is 0 Å². The van der Waals surface area contributed by atoms with Crippen LogP contribution < -0.4 is 0 Å². The van der Waals surface area contributed by atoms with E-state index >= 15 is 0 Å². The van der Waals surface area contributed by atoms with E-state index in [9.17, 15) is 4.79 Å². The molecule has 0 heterocycles. The summed E-state index contributed by atoms with van der Waals surface area (Å²) in [4.78, 5) is 11.8. The van der Waals surface area contributed by atoms with E-state index < -0.39 is 0 Å². The molecule has 48 heavy (non-hydrogen) atoms. The molecule has 288 valence electrons. The first kappa shape index (κ1) is 47.2. The molecule has 0 saturated carbocycles. The summed E-state index contributed by atoms with van der Waals surface area (Å²) in [6.45, 7) is 12.5. The Labute approximate surface area is 296 Å². The van der Waals surface area contributed by atoms with Gasteiger partial charge in [-0.25, -0.2) is 0 Å². The SMILES string of the molecule is CCCCCCCCCCCCCOCCOCCOCCOCCOCCOCCOCCOC(=O)CCCCCCCCCCC. The molecule has 9 nitrogen and oxygen atoms in total. The fourth-order valence-electron chi connectivity index (χ4n) is 5.16. The summed E-state index contributed by atoms with van der Waals surface area (Å²) in [6, 6.07) is 0. The van der Waals surface area contributed by atoms with Gasteiger partial charge in [0.2, 0.25) is 0 Å². The first-order valence-electron chi connectivity index (χ1n) is 20.0. The maximum Gasteiger partial charge on any atom is 0.305 e. The number of hydrogen-bond donors (Lipinski definition) is 0. The number of unbranched alkanes of at least 4 members (excludes halogenated alkanes) is 18. The van der Waals surface area contributed by atoms with Crippen LogP contribution in [0.25, 0.3) is 0 Å². The second-order valence-corrected chi connectivity index (χ2v) is 12.6. The summed E-state index contributed by atoms with van der Waals surface area (Å²) >= 11 is 0. The summed E-state index contributed by atoms with van der Waals surface area (Å²) in [5, 5.41) is 0. The molecule has 0 aliphatic rings. The lowest BCUT2D eigenvalue weighted by molar-refractivity contribution is -0.145. The number of esters is 1. The van der Waals surface area contributed by atoms with E-state index in [1.807, 2.05) is 0 Å². The van der Waals surface area contributed by atoms with Gasteiger partial charge in [0.25, 0.3) is 0 Å². The minimum absolute atomic E-state index is 0.127. The van der Waals surface area contributed by atoms with E-state index in [1.54, 1.807) is 0 Å². The molecule has 0 fully saturated rings. The molecule has 0 radical (unpaired) electrons. The minimum Gasteiger partial charge on any atom is -0.463 e. The molecule has 0 saturated heterocycles. The van der Waals surface area contributed by atoms with Crippen LogP contribution in [0, 0.1) is 0 Å². The van der Waals surface area contributed by atoms with Gasteiger partial charge >= 0.3 is 5.97 Å². The Balaban J connectivity index is 3.10. The van der Waals surface area contributed by atoms with Crippen molar-refractivity contribution in [3.8, 4) is 0 Å². The van der Waals surface area contributed by atoms with Gasteiger partial charge in [0.05, 0.1) is 85.9 Å². The van der Waals surface area contributed by atoms with Crippen molar-refractivity contribution in [1.29, 1.82) is 0 Å². The smallest absolute Gasteiger partial charge is 0.305 e. The van der Waals surface area contributed by atoms with Crippen molar-refractivity contribution in [3.05, 3.63) is 0 Å². The predicted molar refractivity (Wildman–Crippen MR) is 195 cm³/mol. The minimum atomic E-state index is -0.127. The van der Waals surface area contributed by atoms with E-state index in [1.165, 1.54) is 109 Å². The molecule has 0 unspecified atom stereocenters. The second kappa shape index (κ2) is 44.2. The van der Waals surface area contributed by atoms with E-state index in [4.69, 9.17) is 37.9 Å². The maximum absolute atomic E-state index is 11.8. The van der Waals surface area contributed by atoms with Crippen LogP contribution in [-0.4, -0.2) is 105 Å². The molecule has 0 aromatic carbocycles. The Kier molecular flexibility index (Phi) is 43.5. The molecule has 0 aliphatic heterocycles. The maximum atomic E-state index is 11.8. The number of hydrogen-bond acceptors (Lipinski definition) is 9. The van der Waals surface area contributed by atoms with Gasteiger partial charge in [-0.3, -0.25) is 4.79 Å². The fourth-order valence-corrected chi connectivity index (χ4v) is 5.16. The van der Waals surface area contributed by atoms with Gasteiger partial charge in [-0.1, -0.05) is 129 Å². The van der Waals surface area contributed by atoms with Crippen LogP contribution in [0.4, 0.5) is 0 Å². The standard InChI is InChI=1S/C39H78O9/c1-3-5-7-9-11-13-14-16-18-20-22-24-41-25-26-42-27-28-43-29-30-44-31-32-45-33-34-46-35-36-47-37-38-48-39(40)23-21-19-17-15-12-10-8-6-4-2/h3-38H2,1-2H3. The Morgan fingerprint density at radius 2 is 0.542 bits per heavy atom. The first-order valence-corrected chi connectivity index (χ1v) is 20.0. The molecule has 0 N–H and O–H groups in total. The zero-order chi connectivity index (χ0) is 34.7. The van der Waals surface area contributed by atoms with Gasteiger partial charge in [-0.05, 0) is 12.8 Å². The largest absolute Gasteiger partial charge is 0.463 e. The third-order valence-electron chi connectivity index (χ3n) is 8.10. The van der Waals surface area contributed by atoms with Crippen LogP contribution in [0.3, 0.4) is 0 Å². The summed E-state index contributed by atoms with van der Waals surface area (Å²) in [5.74, 6) is -0.127. The van der Waals surface area contributed by atoms with E-state index in [0.29, 0.717) is 98.9 Å². The topological polar surface area (TPSA) is 90.9 Å². The quantitative estimate of drug-likeness (QED) is 0.0460. The van der Waals surface area contributed by atoms with Crippen LogP contribution in [0.1, 0.15) is 149 Å². The normalized spacial score (nSPS) is 11.5. The number of ether oxygens (including phenoxy) is 8. The Hall–Kier alpha value is -0.810. The number of rotatable bonds is 43. The molecule has 0 aromatic heterocycles. The lowest BCUT2D eigenvalue weighted by Crippen LogP contribution is -2.15. The third-order valence-corrected chi connectivity index (χ3v) is 8.10. The lowest BCUT2D eigenvalue weighted by atomic mass is 10.1. The van der Waals surface area contributed by atoms with Crippen molar-refractivity contribution in [2.24, 2.45) is 0 Å². The highest BCUT2D eigenvalue weighted by Crippen LogP contribution is 2.12. The van der Waals surface area contributed by atoms with Gasteiger partial charge in [0.1, 0.15) is 6.61 Å². The first-order chi connectivity index (χ1) is 23.8. The third kappa shape index (κ3) is 43.2. The van der Waals surface area contributed by atoms with Gasteiger partial charge < -0.3 is 37.9 Å². The summed E-state index contributed by atoms with van der Waals surface area (Å²) in [5.41, 5.74) is 0. The molecule has 0 rings (SSSR count). The van der Waals surface area contributed by atoms with Crippen LogP contribution in [-0.2, 0) is 42.7 Å². The van der Waals surface area contributed by atoms with Gasteiger partial charge in [-0.2, -0.15) is 0 Å². The average molecular weight is 691 g/mol. The van der Waals surface area contributed by atoms with E-state index in [-0.39, 0.29) is 5.97 Å². The molecular weight excluding hydrogens is 612 g/mol. The van der Waals surface area contributed by atoms with Gasteiger partial charge in [-0.15, -0.1) is 0 Å². The van der Waals surface area contributed by atoms with Crippen molar-refractivity contribution in [2.45, 2.75) is 149 Å². The Bertz CT molecular complexity index is 594. The van der Waals surface area contributed by atoms with Crippen LogP contribution in [0.15, 0.2) is 0 Å². The van der Waals surface area contributed by atoms with Gasteiger partial charge in [0, 0.05) is 13.0 Å². The Morgan fingerprint density at radius 1 is 0.292 bits per heavy atom. The van der Waals surface area contributed by atoms with Crippen molar-refractivity contribution in [3.63, 3.8) is 0 Å². The highest BCUT2D eigenvalue weighted by atomic mass is 16.6. The van der Waals surface area contributed by atoms with Crippen molar-refractivity contribution >= 4 is 5.97 Å². The van der Waals surface area contributed by atoms with Crippen molar-refractivity contribution < 1.29 is 42.7 Å². The van der Waals surface area contributed by atoms with Crippen LogP contribution >= 0.6 is 0 Å². The van der Waals surface area contributed by atoms with Gasteiger partial charge in [0.15, 0.2) is 0 Å². The molecule has 0 aliphatic carbocycles. The summed E-state index contributed by atoms with van der Waals surface area (Å²) < 4.78 is 43.9. The van der Waals surface area contributed by atoms with E-state index in [0.717, 1.165) is 25.9 Å². The summed E-state index contributed by atoms with van der Waals surface area (Å²) in [6.07, 6.45) is 26.5. The number of carbonyl (C=O) groups excluding carboxylic acids is 1. The molecule has 0 spiro atoms. The lowest BCUT2D eigenvalue weighted by Gasteiger charge is -2.09. The molecular formula is C39H78O9. The van der Waals surface area contributed by atoms with Crippen molar-refractivity contribution in [2.75, 3.05) is 99.1 Å². The zero-order valence-corrected chi connectivity index (χ0v) is 31.6. The molecule has 0 amide bonds. The Morgan fingerprint density at radius 3 is 0.875 bits per heavy atom. The number of carbonyl (C=O) groups is 1. The zero-order valence-electron chi connectivity index (χ0n) is 31.6. The molecule has 0 aromatic rings. The highest BCUT2D eigenvalue weighted by molar-refractivity contribution is 5.69. The van der Waals surface area contributed by atoms with Crippen LogP contribution in [0.2, 0.25) is 0 Å². The molecule has 0 bridgehead atoms. The van der Waals surface area contributed by atoms with Crippen molar-refractivity contribution in [1.82, 2.24) is 0 Å².